The molecule has 2 rings (SSSR count). The average Bonchev–Trinajstić information content (AvgIpc) is 2.59. The van der Waals surface area contributed by atoms with Crippen LogP contribution in [0.15, 0.2) is 58.7 Å². The van der Waals surface area contributed by atoms with Gasteiger partial charge in [-0.3, -0.25) is 0 Å². The van der Waals surface area contributed by atoms with Gasteiger partial charge >= 0.3 is 0 Å². The van der Waals surface area contributed by atoms with E-state index in [2.05, 4.69) is 10.2 Å². The molecule has 2 aromatic rings. The van der Waals surface area contributed by atoms with E-state index in [1.165, 1.54) is 0 Å². The number of rotatable bonds is 5. The minimum Gasteiger partial charge on any atom is -0.496 e. The number of nitrogens with zero attached hydrogens (tertiary/aromatic N) is 2. The van der Waals surface area contributed by atoms with Crippen molar-refractivity contribution in [1.29, 1.82) is 0 Å². The molecule has 0 aromatic heterocycles. The predicted molar refractivity (Wildman–Crippen MR) is 90.4 cm³/mol. The summed E-state index contributed by atoms with van der Waals surface area (Å²) >= 11 is 0. The van der Waals surface area contributed by atoms with Crippen LogP contribution in [-0.2, 0) is 0 Å². The zero-order chi connectivity index (χ0) is 15.9. The number of ether oxygens (including phenoxy) is 2. The summed E-state index contributed by atoms with van der Waals surface area (Å²) in [6, 6.07) is 15.5. The van der Waals surface area contributed by atoms with E-state index in [-0.39, 0.29) is 0 Å². The van der Waals surface area contributed by atoms with Gasteiger partial charge in [0.25, 0.3) is 0 Å². The van der Waals surface area contributed by atoms with Crippen LogP contribution in [0.2, 0.25) is 0 Å². The van der Waals surface area contributed by atoms with Crippen LogP contribution in [0.5, 0.6) is 11.5 Å². The second-order valence-electron chi connectivity index (χ2n) is 4.77. The van der Waals surface area contributed by atoms with Crippen molar-refractivity contribution in [3.63, 3.8) is 0 Å². The van der Waals surface area contributed by atoms with Crippen LogP contribution in [0.3, 0.4) is 0 Å². The fourth-order valence-electron chi connectivity index (χ4n) is 2.14. The molecule has 0 saturated heterocycles. The lowest BCUT2D eigenvalue weighted by molar-refractivity contribution is 0.413. The van der Waals surface area contributed by atoms with Crippen LogP contribution >= 0.6 is 0 Å². The van der Waals surface area contributed by atoms with Crippen molar-refractivity contribution < 1.29 is 9.47 Å². The SMILES string of the molecule is COc1ccccc1C(C)=NN=C(C)c1ccccc1OC. The molecule has 0 heterocycles. The Kier molecular flexibility index (Phi) is 5.31. The Hall–Kier alpha value is -2.62. The predicted octanol–water partition coefficient (Wildman–Crippen LogP) is 3.94. The van der Waals surface area contributed by atoms with E-state index in [0.717, 1.165) is 34.0 Å². The van der Waals surface area contributed by atoms with Crippen LogP contribution < -0.4 is 9.47 Å². The highest BCUT2D eigenvalue weighted by atomic mass is 16.5. The molecule has 0 saturated carbocycles. The Labute approximate surface area is 131 Å². The van der Waals surface area contributed by atoms with Crippen molar-refractivity contribution in [3.05, 3.63) is 59.7 Å². The van der Waals surface area contributed by atoms with Gasteiger partial charge in [-0.2, -0.15) is 10.2 Å². The second kappa shape index (κ2) is 7.41. The Morgan fingerprint density at radius 3 is 1.41 bits per heavy atom. The second-order valence-corrected chi connectivity index (χ2v) is 4.77. The van der Waals surface area contributed by atoms with Gasteiger partial charge in [0.05, 0.1) is 25.6 Å². The van der Waals surface area contributed by atoms with Gasteiger partial charge in [0.2, 0.25) is 0 Å². The van der Waals surface area contributed by atoms with Crippen molar-refractivity contribution in [3.8, 4) is 11.5 Å². The number of methoxy groups -OCH3 is 2. The number of benzene rings is 2. The van der Waals surface area contributed by atoms with Crippen LogP contribution in [0, 0.1) is 0 Å². The maximum Gasteiger partial charge on any atom is 0.127 e. The molecule has 4 nitrogen and oxygen atoms in total. The summed E-state index contributed by atoms with van der Waals surface area (Å²) in [5, 5.41) is 8.65. The summed E-state index contributed by atoms with van der Waals surface area (Å²) in [5.74, 6) is 1.57. The summed E-state index contributed by atoms with van der Waals surface area (Å²) in [4.78, 5) is 0. The summed E-state index contributed by atoms with van der Waals surface area (Å²) in [6.07, 6.45) is 0. The Balaban J connectivity index is 2.32. The normalized spacial score (nSPS) is 12.2. The van der Waals surface area contributed by atoms with E-state index in [1.54, 1.807) is 14.2 Å². The molecule has 22 heavy (non-hydrogen) atoms. The van der Waals surface area contributed by atoms with Gasteiger partial charge in [-0.25, -0.2) is 0 Å². The van der Waals surface area contributed by atoms with Gasteiger partial charge in [0.15, 0.2) is 0 Å². The molecule has 4 heteroatoms. The van der Waals surface area contributed by atoms with Crippen LogP contribution in [0.4, 0.5) is 0 Å². The number of hydrogen-bond donors (Lipinski definition) is 0. The van der Waals surface area contributed by atoms with Crippen molar-refractivity contribution in [2.24, 2.45) is 10.2 Å². The van der Waals surface area contributed by atoms with E-state index in [0.29, 0.717) is 0 Å². The lowest BCUT2D eigenvalue weighted by atomic mass is 10.1. The zero-order valence-corrected chi connectivity index (χ0v) is 13.3. The molecule has 0 radical (unpaired) electrons. The van der Waals surface area contributed by atoms with Gasteiger partial charge < -0.3 is 9.47 Å². The fourth-order valence-corrected chi connectivity index (χ4v) is 2.14. The van der Waals surface area contributed by atoms with Crippen LogP contribution in [-0.4, -0.2) is 25.6 Å². The standard InChI is InChI=1S/C18H20N2O2/c1-13(15-9-5-7-11-17(15)21-3)19-20-14(2)16-10-6-8-12-18(16)22-4/h5-12H,1-4H3. The topological polar surface area (TPSA) is 43.2 Å². The maximum absolute atomic E-state index is 5.35. The third-order valence-electron chi connectivity index (χ3n) is 3.34. The molecule has 0 amide bonds. The molecule has 0 fully saturated rings. The molecule has 0 unspecified atom stereocenters. The first-order valence-corrected chi connectivity index (χ1v) is 7.03. The van der Waals surface area contributed by atoms with Gasteiger partial charge in [-0.15, -0.1) is 0 Å². The lowest BCUT2D eigenvalue weighted by Gasteiger charge is -2.08. The summed E-state index contributed by atoms with van der Waals surface area (Å²) in [7, 11) is 3.30. The minimum atomic E-state index is 0.786. The maximum atomic E-state index is 5.35. The minimum absolute atomic E-state index is 0.786. The Morgan fingerprint density at radius 2 is 1.05 bits per heavy atom. The van der Waals surface area contributed by atoms with E-state index in [4.69, 9.17) is 9.47 Å². The van der Waals surface area contributed by atoms with Crippen LogP contribution in [0.25, 0.3) is 0 Å². The summed E-state index contributed by atoms with van der Waals surface area (Å²) < 4.78 is 10.7. The average molecular weight is 296 g/mol. The van der Waals surface area contributed by atoms with Gasteiger partial charge in [0.1, 0.15) is 11.5 Å². The molecule has 114 valence electrons. The fraction of sp³-hybridized carbons (Fsp3) is 0.222. The van der Waals surface area contributed by atoms with Gasteiger partial charge in [-0.1, -0.05) is 24.3 Å². The monoisotopic (exact) mass is 296 g/mol. The van der Waals surface area contributed by atoms with E-state index < -0.39 is 0 Å². The molecular weight excluding hydrogens is 276 g/mol. The van der Waals surface area contributed by atoms with Crippen molar-refractivity contribution in [2.45, 2.75) is 13.8 Å². The molecule has 0 aliphatic heterocycles. The molecule has 0 aliphatic carbocycles. The quantitative estimate of drug-likeness (QED) is 0.619. The first kappa shape index (κ1) is 15.8. The van der Waals surface area contributed by atoms with Crippen molar-refractivity contribution in [2.75, 3.05) is 14.2 Å². The molecule has 0 spiro atoms. The van der Waals surface area contributed by atoms with E-state index >= 15 is 0 Å². The van der Waals surface area contributed by atoms with E-state index in [1.807, 2.05) is 62.4 Å². The smallest absolute Gasteiger partial charge is 0.127 e. The zero-order valence-electron chi connectivity index (χ0n) is 13.3. The number of para-hydroxylation sites is 2. The Morgan fingerprint density at radius 1 is 0.682 bits per heavy atom. The molecular formula is C18H20N2O2. The van der Waals surface area contributed by atoms with Crippen molar-refractivity contribution in [1.82, 2.24) is 0 Å². The first-order chi connectivity index (χ1) is 10.7. The largest absolute Gasteiger partial charge is 0.496 e. The first-order valence-electron chi connectivity index (χ1n) is 7.03. The summed E-state index contributed by atoms with van der Waals surface area (Å²) in [5.41, 5.74) is 3.46. The van der Waals surface area contributed by atoms with Gasteiger partial charge in [-0.05, 0) is 38.1 Å². The highest BCUT2D eigenvalue weighted by Gasteiger charge is 2.06. The Bertz CT molecular complexity index is 644. The lowest BCUT2D eigenvalue weighted by Crippen LogP contribution is -2.01. The molecule has 2 aromatic carbocycles. The van der Waals surface area contributed by atoms with E-state index in [9.17, 15) is 0 Å². The highest BCUT2D eigenvalue weighted by molar-refractivity contribution is 6.04. The third kappa shape index (κ3) is 3.52. The summed E-state index contributed by atoms with van der Waals surface area (Å²) in [6.45, 7) is 3.83. The molecule has 0 atom stereocenters. The third-order valence-corrected chi connectivity index (χ3v) is 3.34. The van der Waals surface area contributed by atoms with Gasteiger partial charge in [0, 0.05) is 11.1 Å². The molecule has 0 aliphatic rings. The highest BCUT2D eigenvalue weighted by Crippen LogP contribution is 2.20. The van der Waals surface area contributed by atoms with Crippen molar-refractivity contribution >= 4 is 11.4 Å². The molecule has 0 bridgehead atoms. The molecule has 0 N–H and O–H groups in total. The number of hydrogen-bond acceptors (Lipinski definition) is 4. The van der Waals surface area contributed by atoms with Crippen LogP contribution in [0.1, 0.15) is 25.0 Å².